The minimum atomic E-state index is -0.807. The maximum Gasteiger partial charge on any atom is 0.349 e. The molecule has 140 valence electrons. The summed E-state index contributed by atoms with van der Waals surface area (Å²) in [4.78, 5) is 29.5. The van der Waals surface area contributed by atoms with Gasteiger partial charge in [0, 0.05) is 43.6 Å². The SMILES string of the molecule is CN(CCCC(=O)O)c1ccc2cc(-c3nc4c(o3)CCC4)c(=O)oc2c1. The van der Waals surface area contributed by atoms with E-state index in [9.17, 15) is 9.59 Å². The number of carboxylic acid groups (broad SMARTS) is 1. The predicted octanol–water partition coefficient (Wildman–Crippen LogP) is 3.24. The summed E-state index contributed by atoms with van der Waals surface area (Å²) in [5.74, 6) is 0.381. The minimum absolute atomic E-state index is 0.122. The van der Waals surface area contributed by atoms with E-state index in [1.165, 1.54) is 0 Å². The largest absolute Gasteiger partial charge is 0.481 e. The monoisotopic (exact) mass is 368 g/mol. The first-order valence-electron chi connectivity index (χ1n) is 9.01. The van der Waals surface area contributed by atoms with Crippen LogP contribution >= 0.6 is 0 Å². The average molecular weight is 368 g/mol. The smallest absolute Gasteiger partial charge is 0.349 e. The van der Waals surface area contributed by atoms with Crippen LogP contribution in [-0.2, 0) is 17.6 Å². The molecule has 7 heteroatoms. The first-order valence-corrected chi connectivity index (χ1v) is 9.01. The molecule has 27 heavy (non-hydrogen) atoms. The number of aromatic nitrogens is 1. The number of rotatable bonds is 6. The highest BCUT2D eigenvalue weighted by atomic mass is 16.4. The molecule has 0 atom stereocenters. The molecule has 0 bridgehead atoms. The standard InChI is InChI=1S/C20H20N2O5/c1-22(9-3-6-18(23)24)13-8-7-12-10-14(20(25)27-17(12)11-13)19-21-15-4-2-5-16(15)26-19/h7-8,10-11H,2-6,9H2,1H3,(H,23,24). The highest BCUT2D eigenvalue weighted by Crippen LogP contribution is 2.29. The van der Waals surface area contributed by atoms with Crippen molar-refractivity contribution in [3.05, 3.63) is 46.1 Å². The minimum Gasteiger partial charge on any atom is -0.481 e. The summed E-state index contributed by atoms with van der Waals surface area (Å²) < 4.78 is 11.2. The second-order valence-corrected chi connectivity index (χ2v) is 6.83. The number of aryl methyl sites for hydroxylation is 2. The van der Waals surface area contributed by atoms with E-state index in [-0.39, 0.29) is 6.42 Å². The van der Waals surface area contributed by atoms with Gasteiger partial charge < -0.3 is 18.8 Å². The van der Waals surface area contributed by atoms with Crippen molar-refractivity contribution in [2.24, 2.45) is 0 Å². The molecule has 0 spiro atoms. The van der Waals surface area contributed by atoms with Crippen LogP contribution in [0.4, 0.5) is 5.69 Å². The Morgan fingerprint density at radius 2 is 2.11 bits per heavy atom. The van der Waals surface area contributed by atoms with Crippen molar-refractivity contribution in [2.75, 3.05) is 18.5 Å². The Hall–Kier alpha value is -3.09. The van der Waals surface area contributed by atoms with Gasteiger partial charge in [-0.3, -0.25) is 4.79 Å². The Morgan fingerprint density at radius 3 is 2.89 bits per heavy atom. The van der Waals surface area contributed by atoms with Crippen LogP contribution in [0.3, 0.4) is 0 Å². The molecule has 0 unspecified atom stereocenters. The van der Waals surface area contributed by atoms with E-state index in [0.29, 0.717) is 30.0 Å². The summed E-state index contributed by atoms with van der Waals surface area (Å²) >= 11 is 0. The molecule has 0 radical (unpaired) electrons. The van der Waals surface area contributed by atoms with Crippen LogP contribution in [0.25, 0.3) is 22.4 Å². The molecule has 1 aromatic carbocycles. The van der Waals surface area contributed by atoms with Gasteiger partial charge in [-0.25, -0.2) is 9.78 Å². The molecule has 0 amide bonds. The van der Waals surface area contributed by atoms with Crippen molar-refractivity contribution in [3.63, 3.8) is 0 Å². The Bertz CT molecular complexity index is 1040. The van der Waals surface area contributed by atoms with Gasteiger partial charge in [-0.05, 0) is 37.5 Å². The Morgan fingerprint density at radius 1 is 1.26 bits per heavy atom. The second kappa shape index (κ2) is 6.90. The summed E-state index contributed by atoms with van der Waals surface area (Å²) in [5.41, 5.74) is 2.12. The van der Waals surface area contributed by atoms with Crippen molar-refractivity contribution < 1.29 is 18.7 Å². The lowest BCUT2D eigenvalue weighted by molar-refractivity contribution is -0.137. The van der Waals surface area contributed by atoms with E-state index >= 15 is 0 Å². The van der Waals surface area contributed by atoms with Gasteiger partial charge in [0.2, 0.25) is 5.89 Å². The molecule has 1 aliphatic rings. The van der Waals surface area contributed by atoms with Gasteiger partial charge in [-0.15, -0.1) is 0 Å². The summed E-state index contributed by atoms with van der Waals surface area (Å²) in [6.45, 7) is 0.599. The Kier molecular flexibility index (Phi) is 4.43. The molecule has 2 heterocycles. The fraction of sp³-hybridized carbons (Fsp3) is 0.350. The van der Waals surface area contributed by atoms with Crippen LogP contribution in [-0.4, -0.2) is 29.7 Å². The van der Waals surface area contributed by atoms with E-state index in [1.54, 1.807) is 12.1 Å². The number of carbonyl (C=O) groups is 1. The molecule has 3 aromatic rings. The normalized spacial score (nSPS) is 13.1. The summed E-state index contributed by atoms with van der Waals surface area (Å²) in [5, 5.41) is 9.53. The number of oxazole rings is 1. The van der Waals surface area contributed by atoms with E-state index in [4.69, 9.17) is 13.9 Å². The zero-order valence-corrected chi connectivity index (χ0v) is 15.0. The summed E-state index contributed by atoms with van der Waals surface area (Å²) in [6, 6.07) is 7.33. The lowest BCUT2D eigenvalue weighted by Crippen LogP contribution is -2.19. The maximum atomic E-state index is 12.4. The van der Waals surface area contributed by atoms with Gasteiger partial charge in [0.05, 0.1) is 5.69 Å². The number of anilines is 1. The first kappa shape index (κ1) is 17.3. The molecular weight excluding hydrogens is 348 g/mol. The van der Waals surface area contributed by atoms with Crippen molar-refractivity contribution in [2.45, 2.75) is 32.1 Å². The third-order valence-electron chi connectivity index (χ3n) is 4.87. The van der Waals surface area contributed by atoms with Gasteiger partial charge >= 0.3 is 11.6 Å². The van der Waals surface area contributed by atoms with Gasteiger partial charge in [-0.2, -0.15) is 0 Å². The van der Waals surface area contributed by atoms with E-state index in [1.807, 2.05) is 24.1 Å². The number of nitrogens with zero attached hydrogens (tertiary/aromatic N) is 2. The Labute approximate surface area is 155 Å². The molecule has 0 saturated heterocycles. The molecule has 7 nitrogen and oxygen atoms in total. The van der Waals surface area contributed by atoms with Crippen LogP contribution in [0.2, 0.25) is 0 Å². The molecule has 2 aromatic heterocycles. The molecule has 1 N–H and O–H groups in total. The van der Waals surface area contributed by atoms with Crippen molar-refractivity contribution in [3.8, 4) is 11.5 Å². The quantitative estimate of drug-likeness (QED) is 0.667. The maximum absolute atomic E-state index is 12.4. The topological polar surface area (TPSA) is 96.8 Å². The summed E-state index contributed by atoms with van der Waals surface area (Å²) in [7, 11) is 1.88. The number of carboxylic acids is 1. The van der Waals surface area contributed by atoms with Gasteiger partial charge in [0.15, 0.2) is 0 Å². The number of hydrogen-bond donors (Lipinski definition) is 1. The highest BCUT2D eigenvalue weighted by molar-refractivity contribution is 5.83. The fourth-order valence-corrected chi connectivity index (χ4v) is 3.39. The lowest BCUT2D eigenvalue weighted by atomic mass is 10.1. The number of fused-ring (bicyclic) bond motifs is 2. The van der Waals surface area contributed by atoms with Crippen molar-refractivity contribution in [1.82, 2.24) is 4.98 Å². The van der Waals surface area contributed by atoms with Gasteiger partial charge in [0.1, 0.15) is 16.9 Å². The molecule has 0 fully saturated rings. The number of aliphatic carboxylic acids is 1. The molecule has 1 aliphatic carbocycles. The van der Waals surface area contributed by atoms with Crippen molar-refractivity contribution in [1.29, 1.82) is 0 Å². The third-order valence-corrected chi connectivity index (χ3v) is 4.87. The van der Waals surface area contributed by atoms with E-state index in [2.05, 4.69) is 4.98 Å². The fourth-order valence-electron chi connectivity index (χ4n) is 3.39. The second-order valence-electron chi connectivity index (χ2n) is 6.83. The highest BCUT2D eigenvalue weighted by Gasteiger charge is 2.21. The zero-order valence-electron chi connectivity index (χ0n) is 15.0. The summed E-state index contributed by atoms with van der Waals surface area (Å²) in [6.07, 6.45) is 3.45. The van der Waals surface area contributed by atoms with Crippen molar-refractivity contribution >= 4 is 22.6 Å². The third kappa shape index (κ3) is 3.45. The van der Waals surface area contributed by atoms with Crippen LogP contribution in [0, 0.1) is 0 Å². The number of hydrogen-bond acceptors (Lipinski definition) is 6. The molecule has 0 aliphatic heterocycles. The lowest BCUT2D eigenvalue weighted by Gasteiger charge is -2.19. The van der Waals surface area contributed by atoms with E-state index < -0.39 is 11.6 Å². The van der Waals surface area contributed by atoms with Crippen LogP contribution in [0.5, 0.6) is 0 Å². The first-order chi connectivity index (χ1) is 13.0. The average Bonchev–Trinajstić information content (AvgIpc) is 3.22. The van der Waals surface area contributed by atoms with Gasteiger partial charge in [-0.1, -0.05) is 0 Å². The molecule has 0 saturated carbocycles. The van der Waals surface area contributed by atoms with Crippen LogP contribution in [0.1, 0.15) is 30.7 Å². The predicted molar refractivity (Wildman–Crippen MR) is 100 cm³/mol. The Balaban J connectivity index is 1.61. The van der Waals surface area contributed by atoms with Crippen LogP contribution < -0.4 is 10.5 Å². The molecular formula is C20H20N2O5. The van der Waals surface area contributed by atoms with Gasteiger partial charge in [0.25, 0.3) is 0 Å². The number of benzene rings is 1. The van der Waals surface area contributed by atoms with Crippen LogP contribution in [0.15, 0.2) is 37.9 Å². The van der Waals surface area contributed by atoms with E-state index in [0.717, 1.165) is 41.8 Å². The zero-order chi connectivity index (χ0) is 19.0. The molecule has 4 rings (SSSR count).